The van der Waals surface area contributed by atoms with Crippen LogP contribution >= 0.6 is 11.6 Å². The molecule has 1 heterocycles. The molecule has 0 radical (unpaired) electrons. The zero-order valence-corrected chi connectivity index (χ0v) is 13.6. The van der Waals surface area contributed by atoms with E-state index in [4.69, 9.17) is 16.3 Å². The third-order valence-electron chi connectivity index (χ3n) is 3.69. The summed E-state index contributed by atoms with van der Waals surface area (Å²) in [6.07, 6.45) is 1.98. The predicted octanol–water partition coefficient (Wildman–Crippen LogP) is 3.08. The second-order valence-corrected chi connectivity index (χ2v) is 7.68. The summed E-state index contributed by atoms with van der Waals surface area (Å²) in [7, 11) is -1.96. The zero-order chi connectivity index (χ0) is 14.9. The highest BCUT2D eigenvalue weighted by atomic mass is 35.5. The first-order valence-corrected chi connectivity index (χ1v) is 8.52. The molecule has 1 saturated heterocycles. The van der Waals surface area contributed by atoms with Crippen molar-refractivity contribution in [3.63, 3.8) is 0 Å². The van der Waals surface area contributed by atoms with Gasteiger partial charge < -0.3 is 4.74 Å². The zero-order valence-electron chi connectivity index (χ0n) is 12.0. The second kappa shape index (κ2) is 5.92. The summed E-state index contributed by atoms with van der Waals surface area (Å²) in [5.41, 5.74) is 0.657. The van der Waals surface area contributed by atoms with Crippen LogP contribution < -0.4 is 4.74 Å². The number of aryl methyl sites for hydroxylation is 1. The second-order valence-electron chi connectivity index (χ2n) is 5.36. The Bertz CT molecular complexity index is 601. The fraction of sp³-hybridized carbons (Fsp3) is 0.571. The van der Waals surface area contributed by atoms with Crippen LogP contribution in [0.2, 0.25) is 5.02 Å². The summed E-state index contributed by atoms with van der Waals surface area (Å²) < 4.78 is 32.1. The summed E-state index contributed by atoms with van der Waals surface area (Å²) in [6, 6.07) is 3.16. The minimum absolute atomic E-state index is 0.275. The summed E-state index contributed by atoms with van der Waals surface area (Å²) in [6.45, 7) is 5.00. The number of ether oxygens (including phenoxy) is 1. The Morgan fingerprint density at radius 3 is 2.70 bits per heavy atom. The van der Waals surface area contributed by atoms with Crippen LogP contribution in [0.3, 0.4) is 0 Å². The van der Waals surface area contributed by atoms with Gasteiger partial charge in [0.05, 0.1) is 17.0 Å². The van der Waals surface area contributed by atoms with E-state index in [1.807, 2.05) is 0 Å². The molecule has 1 aromatic carbocycles. The van der Waals surface area contributed by atoms with Crippen molar-refractivity contribution in [2.24, 2.45) is 5.92 Å². The van der Waals surface area contributed by atoms with Crippen LogP contribution in [0.4, 0.5) is 0 Å². The summed E-state index contributed by atoms with van der Waals surface area (Å²) in [5, 5.41) is 0.321. The van der Waals surface area contributed by atoms with Gasteiger partial charge in [0, 0.05) is 13.1 Å². The Morgan fingerprint density at radius 1 is 1.40 bits per heavy atom. The molecule has 0 aliphatic carbocycles. The molecule has 4 nitrogen and oxygen atoms in total. The molecule has 0 N–H and O–H groups in total. The van der Waals surface area contributed by atoms with Crippen molar-refractivity contribution in [1.82, 2.24) is 4.31 Å². The van der Waals surface area contributed by atoms with Crippen LogP contribution in [0.1, 0.15) is 25.3 Å². The van der Waals surface area contributed by atoms with E-state index in [1.54, 1.807) is 17.3 Å². The van der Waals surface area contributed by atoms with Crippen molar-refractivity contribution in [3.05, 3.63) is 22.7 Å². The topological polar surface area (TPSA) is 46.6 Å². The van der Waals surface area contributed by atoms with Gasteiger partial charge in [-0.25, -0.2) is 8.42 Å². The van der Waals surface area contributed by atoms with E-state index < -0.39 is 10.0 Å². The molecule has 1 aromatic rings. The van der Waals surface area contributed by atoms with Crippen molar-refractivity contribution in [1.29, 1.82) is 0 Å². The van der Waals surface area contributed by atoms with Gasteiger partial charge in [-0.2, -0.15) is 4.31 Å². The Balaban J connectivity index is 2.41. The first kappa shape index (κ1) is 15.6. The van der Waals surface area contributed by atoms with Gasteiger partial charge in [0.2, 0.25) is 10.0 Å². The molecule has 0 aromatic heterocycles. The van der Waals surface area contributed by atoms with Gasteiger partial charge in [0.1, 0.15) is 5.75 Å². The van der Waals surface area contributed by atoms with Crippen molar-refractivity contribution in [2.75, 3.05) is 20.2 Å². The number of piperidine rings is 1. The highest BCUT2D eigenvalue weighted by Gasteiger charge is 2.30. The number of rotatable bonds is 3. The fourth-order valence-electron chi connectivity index (χ4n) is 2.57. The molecule has 0 saturated carbocycles. The van der Waals surface area contributed by atoms with Gasteiger partial charge >= 0.3 is 0 Å². The first-order chi connectivity index (χ1) is 9.36. The maximum Gasteiger partial charge on any atom is 0.243 e. The van der Waals surface area contributed by atoms with Crippen LogP contribution in [0.5, 0.6) is 5.75 Å². The Morgan fingerprint density at radius 2 is 2.10 bits per heavy atom. The predicted molar refractivity (Wildman–Crippen MR) is 79.9 cm³/mol. The molecule has 112 valence electrons. The minimum atomic E-state index is -3.48. The van der Waals surface area contributed by atoms with Crippen molar-refractivity contribution >= 4 is 21.6 Å². The van der Waals surface area contributed by atoms with Gasteiger partial charge in [-0.15, -0.1) is 0 Å². The van der Waals surface area contributed by atoms with Crippen LogP contribution in [0.15, 0.2) is 17.0 Å². The highest BCUT2D eigenvalue weighted by molar-refractivity contribution is 7.89. The Hall–Kier alpha value is -0.780. The summed E-state index contributed by atoms with van der Waals surface area (Å²) in [5.74, 6) is 0.891. The standard InChI is InChI=1S/C14H20ClNO3S/c1-10-5-4-6-16(9-10)20(17,18)14-8-12(15)13(19-3)7-11(14)2/h7-8,10H,4-6,9H2,1-3H3. The molecule has 2 rings (SSSR count). The molecular weight excluding hydrogens is 298 g/mol. The number of halogens is 1. The van der Waals surface area contributed by atoms with E-state index in [9.17, 15) is 8.42 Å². The summed E-state index contributed by atoms with van der Waals surface area (Å²) in [4.78, 5) is 0.275. The molecule has 6 heteroatoms. The lowest BCUT2D eigenvalue weighted by Crippen LogP contribution is -2.39. The monoisotopic (exact) mass is 317 g/mol. The first-order valence-electron chi connectivity index (χ1n) is 6.70. The average Bonchev–Trinajstić information content (AvgIpc) is 2.40. The van der Waals surface area contributed by atoms with E-state index in [1.165, 1.54) is 13.2 Å². The van der Waals surface area contributed by atoms with Crippen LogP contribution in [-0.2, 0) is 10.0 Å². The van der Waals surface area contributed by atoms with Gasteiger partial charge in [-0.05, 0) is 43.4 Å². The van der Waals surface area contributed by atoms with Gasteiger partial charge in [0.15, 0.2) is 0 Å². The Labute approximate surface area is 125 Å². The number of hydrogen-bond donors (Lipinski definition) is 0. The molecule has 1 aliphatic heterocycles. The van der Waals surface area contributed by atoms with Crippen molar-refractivity contribution in [3.8, 4) is 5.75 Å². The summed E-state index contributed by atoms with van der Waals surface area (Å²) >= 11 is 6.07. The molecule has 1 atom stereocenters. The number of methoxy groups -OCH3 is 1. The lowest BCUT2D eigenvalue weighted by atomic mass is 10.0. The minimum Gasteiger partial charge on any atom is -0.495 e. The average molecular weight is 318 g/mol. The lowest BCUT2D eigenvalue weighted by Gasteiger charge is -2.30. The van der Waals surface area contributed by atoms with Crippen molar-refractivity contribution < 1.29 is 13.2 Å². The number of benzene rings is 1. The maximum absolute atomic E-state index is 12.7. The van der Waals surface area contributed by atoms with Crippen LogP contribution in [0.25, 0.3) is 0 Å². The van der Waals surface area contributed by atoms with E-state index in [2.05, 4.69) is 6.92 Å². The Kier molecular flexibility index (Phi) is 4.62. The largest absolute Gasteiger partial charge is 0.495 e. The van der Waals surface area contributed by atoms with Crippen molar-refractivity contribution in [2.45, 2.75) is 31.6 Å². The maximum atomic E-state index is 12.7. The number of nitrogens with zero attached hydrogens (tertiary/aromatic N) is 1. The number of hydrogen-bond acceptors (Lipinski definition) is 3. The van der Waals surface area contributed by atoms with E-state index >= 15 is 0 Å². The highest BCUT2D eigenvalue weighted by Crippen LogP contribution is 2.32. The molecule has 1 unspecified atom stereocenters. The van der Waals surface area contributed by atoms with Gasteiger partial charge in [0.25, 0.3) is 0 Å². The normalized spacial score (nSPS) is 20.9. The smallest absolute Gasteiger partial charge is 0.243 e. The third-order valence-corrected chi connectivity index (χ3v) is 5.99. The van der Waals surface area contributed by atoms with Crippen LogP contribution in [0, 0.1) is 12.8 Å². The van der Waals surface area contributed by atoms with Crippen LogP contribution in [-0.4, -0.2) is 32.9 Å². The molecule has 20 heavy (non-hydrogen) atoms. The third kappa shape index (κ3) is 2.95. The molecular formula is C14H20ClNO3S. The molecule has 1 fully saturated rings. The lowest BCUT2D eigenvalue weighted by molar-refractivity contribution is 0.281. The van der Waals surface area contributed by atoms with Gasteiger partial charge in [-0.1, -0.05) is 18.5 Å². The number of sulfonamides is 1. The SMILES string of the molecule is COc1cc(C)c(S(=O)(=O)N2CCCC(C)C2)cc1Cl. The van der Waals surface area contributed by atoms with E-state index in [0.29, 0.717) is 35.3 Å². The molecule has 0 spiro atoms. The van der Waals surface area contributed by atoms with Gasteiger partial charge in [-0.3, -0.25) is 0 Å². The van der Waals surface area contributed by atoms with E-state index in [0.717, 1.165) is 12.8 Å². The molecule has 1 aliphatic rings. The quantitative estimate of drug-likeness (QED) is 0.860. The fourth-order valence-corrected chi connectivity index (χ4v) is 4.71. The van der Waals surface area contributed by atoms with E-state index in [-0.39, 0.29) is 4.90 Å². The molecule has 0 amide bonds. The molecule has 0 bridgehead atoms.